The van der Waals surface area contributed by atoms with Crippen LogP contribution >= 0.6 is 0 Å². The van der Waals surface area contributed by atoms with Gasteiger partial charge in [-0.2, -0.15) is 8.42 Å². The summed E-state index contributed by atoms with van der Waals surface area (Å²) in [5, 5.41) is 32.8. The molecule has 0 saturated heterocycles. The van der Waals surface area contributed by atoms with Gasteiger partial charge in [-0.25, -0.2) is 0 Å². The van der Waals surface area contributed by atoms with E-state index in [0.29, 0.717) is 18.8 Å². The SMILES string of the molecule is Cc1ccc(S(=O)(=O)OC[C@@]2(O)CCC34C[C@H]2C[C@@H]3CC[C@H]2[C@](C)(CO)[C@H](O)CC[C@@]24C)cc1. The van der Waals surface area contributed by atoms with Crippen LogP contribution in [0.3, 0.4) is 0 Å². The van der Waals surface area contributed by atoms with Crippen LogP contribution in [0.5, 0.6) is 0 Å². The first-order valence-corrected chi connectivity index (χ1v) is 14.3. The van der Waals surface area contributed by atoms with E-state index < -0.39 is 27.2 Å². The minimum absolute atomic E-state index is 0.00211. The molecule has 0 aliphatic heterocycles. The minimum atomic E-state index is -3.93. The molecular formula is C27H40O6S. The van der Waals surface area contributed by atoms with Gasteiger partial charge in [-0.1, -0.05) is 31.5 Å². The predicted octanol–water partition coefficient (Wildman–Crippen LogP) is 3.81. The predicted molar refractivity (Wildman–Crippen MR) is 128 cm³/mol. The van der Waals surface area contributed by atoms with Crippen LogP contribution < -0.4 is 0 Å². The van der Waals surface area contributed by atoms with Crippen LogP contribution in [-0.4, -0.2) is 48.7 Å². The number of hydrogen-bond donors (Lipinski definition) is 3. The van der Waals surface area contributed by atoms with Gasteiger partial charge in [-0.05, 0) is 99.0 Å². The molecule has 34 heavy (non-hydrogen) atoms. The molecule has 1 spiro atoms. The van der Waals surface area contributed by atoms with Gasteiger partial charge in [-0.15, -0.1) is 0 Å². The highest BCUT2D eigenvalue weighted by atomic mass is 32.2. The number of fused-ring (bicyclic) bond motifs is 2. The molecule has 1 unspecified atom stereocenters. The maximum Gasteiger partial charge on any atom is 0.297 e. The molecule has 0 amide bonds. The third-order valence-corrected chi connectivity index (χ3v) is 12.3. The van der Waals surface area contributed by atoms with E-state index in [1.165, 1.54) is 0 Å². The van der Waals surface area contributed by atoms with Gasteiger partial charge in [0.2, 0.25) is 0 Å². The van der Waals surface area contributed by atoms with E-state index in [9.17, 15) is 23.7 Å². The lowest BCUT2D eigenvalue weighted by atomic mass is 9.39. The summed E-state index contributed by atoms with van der Waals surface area (Å²) in [7, 11) is -3.93. The van der Waals surface area contributed by atoms with Crippen molar-refractivity contribution in [3.63, 3.8) is 0 Å². The van der Waals surface area contributed by atoms with E-state index in [-0.39, 0.29) is 40.8 Å². The van der Waals surface area contributed by atoms with Gasteiger partial charge in [0, 0.05) is 5.41 Å². The van der Waals surface area contributed by atoms with Crippen molar-refractivity contribution in [3.8, 4) is 0 Å². The Morgan fingerprint density at radius 2 is 1.74 bits per heavy atom. The van der Waals surface area contributed by atoms with Crippen LogP contribution in [0.2, 0.25) is 0 Å². The summed E-state index contributed by atoms with van der Waals surface area (Å²) in [4.78, 5) is 0.119. The summed E-state index contributed by atoms with van der Waals surface area (Å²) in [5.41, 5.74) is -0.607. The van der Waals surface area contributed by atoms with E-state index in [0.717, 1.165) is 44.1 Å². The van der Waals surface area contributed by atoms with Crippen molar-refractivity contribution >= 4 is 10.1 Å². The first-order chi connectivity index (χ1) is 15.9. The van der Waals surface area contributed by atoms with E-state index in [1.54, 1.807) is 24.3 Å². The fourth-order valence-corrected chi connectivity index (χ4v) is 9.83. The van der Waals surface area contributed by atoms with Crippen LogP contribution in [0, 0.1) is 40.9 Å². The maximum absolute atomic E-state index is 12.8. The summed E-state index contributed by atoms with van der Waals surface area (Å²) >= 11 is 0. The second-order valence-corrected chi connectivity index (χ2v) is 14.0. The molecule has 4 aliphatic carbocycles. The number of benzene rings is 1. The lowest BCUT2D eigenvalue weighted by Crippen LogP contribution is -2.63. The average Bonchev–Trinajstić information content (AvgIpc) is 3.16. The fourth-order valence-electron chi connectivity index (χ4n) is 8.87. The zero-order chi connectivity index (χ0) is 24.6. The highest BCUT2D eigenvalue weighted by Gasteiger charge is 2.70. The van der Waals surface area contributed by atoms with Gasteiger partial charge < -0.3 is 15.3 Å². The fraction of sp³-hybridized carbons (Fsp3) is 0.778. The first kappa shape index (κ1) is 24.7. The average molecular weight is 493 g/mol. The third-order valence-electron chi connectivity index (χ3n) is 11.0. The van der Waals surface area contributed by atoms with E-state index in [4.69, 9.17) is 4.18 Å². The van der Waals surface area contributed by atoms with Crippen LogP contribution in [0.25, 0.3) is 0 Å². The first-order valence-electron chi connectivity index (χ1n) is 12.9. The van der Waals surface area contributed by atoms with E-state index in [2.05, 4.69) is 6.92 Å². The largest absolute Gasteiger partial charge is 0.396 e. The number of rotatable bonds is 5. The molecule has 0 radical (unpaired) electrons. The molecular weight excluding hydrogens is 452 g/mol. The minimum Gasteiger partial charge on any atom is -0.396 e. The molecule has 3 N–H and O–H groups in total. The van der Waals surface area contributed by atoms with Crippen molar-refractivity contribution in [3.05, 3.63) is 29.8 Å². The monoisotopic (exact) mass is 492 g/mol. The molecule has 4 fully saturated rings. The lowest BCUT2D eigenvalue weighted by molar-refractivity contribution is -0.215. The van der Waals surface area contributed by atoms with Crippen molar-refractivity contribution in [2.75, 3.05) is 13.2 Å². The Morgan fingerprint density at radius 1 is 1.03 bits per heavy atom. The smallest absolute Gasteiger partial charge is 0.297 e. The van der Waals surface area contributed by atoms with E-state index >= 15 is 0 Å². The number of hydrogen-bond acceptors (Lipinski definition) is 6. The molecule has 1 aromatic rings. The molecule has 0 aromatic heterocycles. The highest BCUT2D eigenvalue weighted by molar-refractivity contribution is 7.86. The summed E-state index contributed by atoms with van der Waals surface area (Å²) in [5.74, 6) is 0.732. The van der Waals surface area contributed by atoms with Crippen molar-refractivity contribution < 1.29 is 27.9 Å². The molecule has 2 bridgehead atoms. The molecule has 1 aromatic carbocycles. The summed E-state index contributed by atoms with van der Waals surface area (Å²) in [6.45, 7) is 6.11. The van der Waals surface area contributed by atoms with Crippen LogP contribution in [0.15, 0.2) is 29.2 Å². The van der Waals surface area contributed by atoms with Crippen molar-refractivity contribution in [1.82, 2.24) is 0 Å². The number of aliphatic hydroxyl groups excluding tert-OH is 2. The lowest BCUT2D eigenvalue weighted by Gasteiger charge is -2.66. The van der Waals surface area contributed by atoms with Crippen LogP contribution in [0.4, 0.5) is 0 Å². The Bertz CT molecular complexity index is 1040. The second-order valence-electron chi connectivity index (χ2n) is 12.4. The van der Waals surface area contributed by atoms with Gasteiger partial charge in [-0.3, -0.25) is 4.18 Å². The Morgan fingerprint density at radius 3 is 2.41 bits per heavy atom. The summed E-state index contributed by atoms with van der Waals surface area (Å²) in [6.07, 6.45) is 6.30. The molecule has 7 heteroatoms. The summed E-state index contributed by atoms with van der Waals surface area (Å²) in [6, 6.07) is 6.58. The molecule has 6 nitrogen and oxygen atoms in total. The van der Waals surface area contributed by atoms with Crippen molar-refractivity contribution in [2.24, 2.45) is 34.0 Å². The van der Waals surface area contributed by atoms with Gasteiger partial charge in [0.25, 0.3) is 10.1 Å². The second kappa shape index (κ2) is 8.01. The molecule has 4 saturated carbocycles. The third kappa shape index (κ3) is 3.37. The quantitative estimate of drug-likeness (QED) is 0.540. The zero-order valence-electron chi connectivity index (χ0n) is 20.7. The van der Waals surface area contributed by atoms with E-state index in [1.807, 2.05) is 13.8 Å². The topological polar surface area (TPSA) is 104 Å². The van der Waals surface area contributed by atoms with Gasteiger partial charge in [0.05, 0.1) is 29.8 Å². The van der Waals surface area contributed by atoms with Crippen LogP contribution in [-0.2, 0) is 14.3 Å². The maximum atomic E-state index is 12.8. The number of aryl methyl sites for hydroxylation is 1. The Kier molecular flexibility index (Phi) is 5.81. The van der Waals surface area contributed by atoms with Crippen LogP contribution in [0.1, 0.15) is 70.8 Å². The normalized spacial score (nSPS) is 46.1. The Hall–Kier alpha value is -0.990. The summed E-state index contributed by atoms with van der Waals surface area (Å²) < 4.78 is 31.0. The van der Waals surface area contributed by atoms with Crippen molar-refractivity contribution in [2.45, 2.75) is 88.7 Å². The standard InChI is InChI=1S/C27H40O6S/c1-18-4-7-21(8-5-18)34(31,32)33-17-27(30)13-12-26-15-20(27)14-19(26)6-9-22-24(2,16-28)23(29)10-11-25(22,26)3/h4-5,7-8,19-20,22-23,28-30H,6,9-17H2,1-3H3/t19-,20+,22-,23+,24-,25-,26?,27-/m0/s1. The zero-order valence-corrected chi connectivity index (χ0v) is 21.5. The number of aliphatic hydroxyl groups is 3. The molecule has 0 heterocycles. The highest BCUT2D eigenvalue weighted by Crippen LogP contribution is 2.75. The Labute approximate surface area is 203 Å². The molecule has 8 atom stereocenters. The van der Waals surface area contributed by atoms with Gasteiger partial charge in [0.1, 0.15) is 0 Å². The Balaban J connectivity index is 1.37. The van der Waals surface area contributed by atoms with Crippen molar-refractivity contribution in [1.29, 1.82) is 0 Å². The molecule has 5 rings (SSSR count). The van der Waals surface area contributed by atoms with Gasteiger partial charge >= 0.3 is 0 Å². The molecule has 190 valence electrons. The molecule has 4 aliphatic rings. The van der Waals surface area contributed by atoms with Gasteiger partial charge in [0.15, 0.2) is 0 Å².